The molecule has 59 heavy (non-hydrogen) atoms. The van der Waals surface area contributed by atoms with Crippen LogP contribution < -0.4 is 16.1 Å². The molecule has 1 aromatic heterocycles. The minimum absolute atomic E-state index is 0.0604. The molecule has 2 aromatic rings. The van der Waals surface area contributed by atoms with Crippen LogP contribution in [0.1, 0.15) is 120 Å². The number of Topliss-reactive ketones (excluding diaryl/α,β-unsaturated/α-hetero) is 1. The van der Waals surface area contributed by atoms with Crippen LogP contribution in [0, 0.1) is 48.2 Å². The molecule has 5 fully saturated rings. The van der Waals surface area contributed by atoms with Gasteiger partial charge in [-0.05, 0) is 110 Å². The third kappa shape index (κ3) is 6.30. The molecule has 0 radical (unpaired) electrons. The first-order chi connectivity index (χ1) is 27.4. The van der Waals surface area contributed by atoms with Gasteiger partial charge in [0.2, 0.25) is 5.43 Å². The van der Waals surface area contributed by atoms with Crippen LogP contribution in [0.2, 0.25) is 5.02 Å². The Morgan fingerprint density at radius 1 is 1.07 bits per heavy atom. The second-order valence-corrected chi connectivity index (χ2v) is 19.7. The minimum atomic E-state index is -2.00. The van der Waals surface area contributed by atoms with E-state index in [0.717, 1.165) is 32.1 Å². The molecule has 6 aliphatic rings. The number of aromatic carboxylic acids is 1. The molecule has 14 heteroatoms. The van der Waals surface area contributed by atoms with E-state index in [-0.39, 0.29) is 57.4 Å². The molecule has 0 unspecified atom stereocenters. The van der Waals surface area contributed by atoms with Gasteiger partial charge in [0.05, 0.1) is 27.7 Å². The van der Waals surface area contributed by atoms with E-state index in [4.69, 9.17) is 17.3 Å². The molecular formula is C45H58ClF2N3O8. The van der Waals surface area contributed by atoms with Crippen LogP contribution in [0.25, 0.3) is 10.9 Å². The quantitative estimate of drug-likeness (QED) is 0.225. The first kappa shape index (κ1) is 43.6. The van der Waals surface area contributed by atoms with Crippen molar-refractivity contribution in [2.24, 2.45) is 34.3 Å². The van der Waals surface area contributed by atoms with Crippen LogP contribution in [-0.4, -0.2) is 84.6 Å². The van der Waals surface area contributed by atoms with Gasteiger partial charge in [-0.15, -0.1) is 0 Å². The molecule has 8 rings (SSSR count). The lowest BCUT2D eigenvalue weighted by molar-refractivity contribution is -0.223. The van der Waals surface area contributed by atoms with Crippen LogP contribution in [0.15, 0.2) is 28.6 Å². The number of nitrogens with two attached hydrogens (primary N) is 1. The second-order valence-electron chi connectivity index (χ2n) is 19.3. The average Bonchev–Trinajstić information content (AvgIpc) is 3.98. The summed E-state index contributed by atoms with van der Waals surface area (Å²) in [6, 6.07) is -0.0106. The van der Waals surface area contributed by atoms with E-state index in [0.29, 0.717) is 49.1 Å². The van der Waals surface area contributed by atoms with Gasteiger partial charge in [0.15, 0.2) is 23.1 Å². The normalized spacial score (nSPS) is 35.6. The number of carbonyl (C=O) groups excluding carboxylic acids is 2. The van der Waals surface area contributed by atoms with Gasteiger partial charge in [0, 0.05) is 53.2 Å². The molecule has 0 spiro atoms. The van der Waals surface area contributed by atoms with Gasteiger partial charge in [-0.3, -0.25) is 14.4 Å². The highest BCUT2D eigenvalue weighted by atomic mass is 35.5. The topological polar surface area (TPSA) is 183 Å². The highest BCUT2D eigenvalue weighted by molar-refractivity contribution is 6.38. The van der Waals surface area contributed by atoms with Crippen LogP contribution in [0.5, 0.6) is 0 Å². The lowest BCUT2D eigenvalue weighted by Crippen LogP contribution is -2.70. The van der Waals surface area contributed by atoms with E-state index < -0.39 is 68.6 Å². The predicted molar refractivity (Wildman–Crippen MR) is 221 cm³/mol. The van der Waals surface area contributed by atoms with Gasteiger partial charge in [-0.25, -0.2) is 13.6 Å². The Morgan fingerprint density at radius 3 is 2.34 bits per heavy atom. The number of allylic oxidation sites excluding steroid dienone is 4. The largest absolute Gasteiger partial charge is 0.477 e. The SMILES string of the molecule is C[C@@H]1C[C@H]2[C@@H]3CCC4=CC(=O)C=C[C@]4(C)[C@@]3(F)[C@@H](O)C[C@]2(C)[C@@]1(O)C(=O)C(C)(C)O.Cc1c(F)c(N2CCCC[C@@H](N)C2)c(Cl)c2c1c(=O)c(C(=O)O)c(C)n2C1CC1. The number of aliphatic hydroxyl groups is 3. The van der Waals surface area contributed by atoms with Crippen molar-refractivity contribution in [1.29, 1.82) is 0 Å². The van der Waals surface area contributed by atoms with E-state index in [1.54, 1.807) is 33.8 Å². The standard InChI is InChI=1S/C24H33FO5.C21H25ClFN3O3/c1-13-10-17-16-7-6-14-11-15(26)8-9-21(14,4)23(16,25)18(27)12-22(17,5)24(13,30)19(28)20(2,3)29;1-10-14-18(26(13-6-7-13)11(2)15(20(14)27)21(28)29)16(22)19(17(10)23)25-8-4-3-5-12(24)9-25/h8-9,11,13,16-18,27,29-30H,6-7,10,12H2,1-5H3;12-13H,3-9,24H2,1-2H3,(H,28,29)/t13-,16+,17+,18+,21+,22+,23+,24+;12-/m11/s1. The Balaban J connectivity index is 0.000000179. The number of alkyl halides is 1. The highest BCUT2D eigenvalue weighted by Gasteiger charge is 2.76. The van der Waals surface area contributed by atoms with Gasteiger partial charge < -0.3 is 35.6 Å². The number of rotatable bonds is 5. The van der Waals surface area contributed by atoms with Crippen molar-refractivity contribution in [3.8, 4) is 0 Å². The number of aryl methyl sites for hydroxylation is 1. The van der Waals surface area contributed by atoms with Gasteiger partial charge in [0.1, 0.15) is 16.8 Å². The number of aromatic nitrogens is 1. The summed E-state index contributed by atoms with van der Waals surface area (Å²) in [6.07, 6.45) is 8.83. The van der Waals surface area contributed by atoms with Crippen molar-refractivity contribution in [2.75, 3.05) is 18.0 Å². The van der Waals surface area contributed by atoms with Gasteiger partial charge in [-0.2, -0.15) is 0 Å². The third-order valence-corrected chi connectivity index (χ3v) is 15.6. The van der Waals surface area contributed by atoms with Crippen molar-refractivity contribution < 1.29 is 43.6 Å². The number of nitrogens with zero attached hydrogens (tertiary/aromatic N) is 2. The fourth-order valence-corrected chi connectivity index (χ4v) is 12.4. The number of carboxylic acids is 1. The molecule has 0 bridgehead atoms. The fourth-order valence-electron chi connectivity index (χ4n) is 12.1. The highest BCUT2D eigenvalue weighted by Crippen LogP contribution is 2.71. The van der Waals surface area contributed by atoms with Gasteiger partial charge >= 0.3 is 5.97 Å². The number of aliphatic hydroxyl groups excluding tert-OH is 1. The minimum Gasteiger partial charge on any atom is -0.477 e. The van der Waals surface area contributed by atoms with Crippen molar-refractivity contribution in [3.63, 3.8) is 0 Å². The Morgan fingerprint density at radius 2 is 1.73 bits per heavy atom. The van der Waals surface area contributed by atoms with E-state index in [2.05, 4.69) is 0 Å². The zero-order chi connectivity index (χ0) is 43.5. The number of benzene rings is 1. The van der Waals surface area contributed by atoms with Crippen LogP contribution in [0.4, 0.5) is 14.5 Å². The number of anilines is 1. The number of hydrogen-bond acceptors (Lipinski definition) is 9. The Kier molecular flexibility index (Phi) is 10.8. The molecule has 1 saturated heterocycles. The van der Waals surface area contributed by atoms with Crippen molar-refractivity contribution in [2.45, 2.75) is 141 Å². The zero-order valence-electron chi connectivity index (χ0n) is 35.0. The fraction of sp³-hybridized carbons (Fsp3) is 0.644. The molecule has 1 aromatic carbocycles. The van der Waals surface area contributed by atoms with Crippen molar-refractivity contribution in [3.05, 3.63) is 61.7 Å². The molecule has 4 saturated carbocycles. The van der Waals surface area contributed by atoms with Crippen molar-refractivity contribution in [1.82, 2.24) is 4.57 Å². The summed E-state index contributed by atoms with van der Waals surface area (Å²) in [4.78, 5) is 51.8. The first-order valence-electron chi connectivity index (χ1n) is 21.0. The monoisotopic (exact) mass is 841 g/mol. The summed E-state index contributed by atoms with van der Waals surface area (Å²) >= 11 is 6.78. The number of hydrogen-bond donors (Lipinski definition) is 5. The van der Waals surface area contributed by atoms with Crippen LogP contribution in [-0.2, 0) is 9.59 Å². The average molecular weight is 842 g/mol. The van der Waals surface area contributed by atoms with Crippen molar-refractivity contribution >= 4 is 45.7 Å². The molecule has 11 nitrogen and oxygen atoms in total. The van der Waals surface area contributed by atoms with E-state index in [9.17, 15) is 39.6 Å². The predicted octanol–water partition coefficient (Wildman–Crippen LogP) is 6.44. The molecule has 322 valence electrons. The number of fused-ring (bicyclic) bond motifs is 6. The maximum Gasteiger partial charge on any atom is 0.341 e. The Bertz CT molecular complexity index is 2260. The number of halogens is 3. The number of ketones is 2. The number of carbonyl (C=O) groups is 3. The molecule has 6 N–H and O–H groups in total. The molecule has 5 aliphatic carbocycles. The smallest absolute Gasteiger partial charge is 0.341 e. The molecule has 2 heterocycles. The van der Waals surface area contributed by atoms with Crippen LogP contribution >= 0.6 is 11.6 Å². The van der Waals surface area contributed by atoms with E-state index >= 15 is 8.78 Å². The molecular weight excluding hydrogens is 784 g/mol. The Labute approximate surface area is 348 Å². The number of pyridine rings is 1. The van der Waals surface area contributed by atoms with Gasteiger partial charge in [-0.1, -0.05) is 43.5 Å². The lowest BCUT2D eigenvalue weighted by atomic mass is 9.44. The van der Waals surface area contributed by atoms with Gasteiger partial charge in [0.25, 0.3) is 0 Å². The lowest BCUT2D eigenvalue weighted by Gasteiger charge is -2.62. The second kappa shape index (κ2) is 14.6. The Hall–Kier alpha value is -3.49. The van der Waals surface area contributed by atoms with E-state index in [1.807, 2.05) is 9.47 Å². The zero-order valence-corrected chi connectivity index (χ0v) is 35.8. The summed E-state index contributed by atoms with van der Waals surface area (Å²) < 4.78 is 34.4. The summed E-state index contributed by atoms with van der Waals surface area (Å²) in [5.74, 6) is -4.09. The van der Waals surface area contributed by atoms with Crippen LogP contribution in [0.3, 0.4) is 0 Å². The summed E-state index contributed by atoms with van der Waals surface area (Å²) in [5.41, 5.74) is -0.664. The first-order valence-corrected chi connectivity index (χ1v) is 21.4. The maximum absolute atomic E-state index is 17.0. The number of carboxylic acid groups (broad SMARTS) is 1. The third-order valence-electron chi connectivity index (χ3n) is 15.3. The summed E-state index contributed by atoms with van der Waals surface area (Å²) in [5, 5.41) is 43.2. The molecule has 0 amide bonds. The molecule has 1 aliphatic heterocycles. The summed E-state index contributed by atoms with van der Waals surface area (Å²) in [7, 11) is 0. The summed E-state index contributed by atoms with van der Waals surface area (Å²) in [6.45, 7) is 12.3. The molecule has 9 atom stereocenters. The maximum atomic E-state index is 17.0. The van der Waals surface area contributed by atoms with E-state index in [1.165, 1.54) is 32.9 Å².